The van der Waals surface area contributed by atoms with Crippen LogP contribution in [0.1, 0.15) is 39.0 Å². The molecule has 2 aliphatic rings. The van der Waals surface area contributed by atoms with Gasteiger partial charge in [-0.05, 0) is 24.2 Å². The maximum absolute atomic E-state index is 2.46. The van der Waals surface area contributed by atoms with E-state index in [0.717, 1.165) is 5.92 Å². The van der Waals surface area contributed by atoms with E-state index < -0.39 is 0 Å². The van der Waals surface area contributed by atoms with Crippen molar-refractivity contribution in [3.8, 4) is 0 Å². The lowest BCUT2D eigenvalue weighted by Gasteiger charge is -2.40. The molecule has 0 saturated heterocycles. The van der Waals surface area contributed by atoms with E-state index in [0.29, 0.717) is 5.41 Å². The molecule has 0 nitrogen and oxygen atoms in total. The van der Waals surface area contributed by atoms with Crippen LogP contribution in [0.3, 0.4) is 0 Å². The fraction of sp³-hybridized carbons (Fsp3) is 0.667. The first-order valence-corrected chi connectivity index (χ1v) is 5.20. The number of allylic oxidation sites excluding steroid dienone is 4. The Morgan fingerprint density at radius 1 is 1.08 bits per heavy atom. The molecule has 1 spiro atoms. The molecular formula is C12H18. The van der Waals surface area contributed by atoms with E-state index in [2.05, 4.69) is 31.2 Å². The van der Waals surface area contributed by atoms with Crippen molar-refractivity contribution < 1.29 is 0 Å². The second kappa shape index (κ2) is 3.08. The van der Waals surface area contributed by atoms with Crippen LogP contribution in [-0.4, -0.2) is 0 Å². The summed E-state index contributed by atoms with van der Waals surface area (Å²) in [6.45, 7) is 2.37. The standard InChI is InChI=1S/C12H18/c1-11-7-3-6-10-12(11)8-4-2-5-9-12/h3,6-7,10-11H,2,4-5,8-9H2,1H3. The summed E-state index contributed by atoms with van der Waals surface area (Å²) in [6, 6.07) is 0. The van der Waals surface area contributed by atoms with E-state index in [1.54, 1.807) is 0 Å². The predicted octanol–water partition coefficient (Wildman–Crippen LogP) is 3.70. The van der Waals surface area contributed by atoms with Crippen molar-refractivity contribution in [2.45, 2.75) is 39.0 Å². The number of rotatable bonds is 0. The van der Waals surface area contributed by atoms with Crippen molar-refractivity contribution in [2.24, 2.45) is 11.3 Å². The third kappa shape index (κ3) is 1.24. The highest BCUT2D eigenvalue weighted by Crippen LogP contribution is 2.45. The zero-order valence-corrected chi connectivity index (χ0v) is 7.92. The Balaban J connectivity index is 2.17. The van der Waals surface area contributed by atoms with Crippen LogP contribution in [0.25, 0.3) is 0 Å². The third-order valence-electron chi connectivity index (χ3n) is 3.63. The SMILES string of the molecule is CC1C=CC=CC12CCCCC2. The zero-order chi connectivity index (χ0) is 8.44. The lowest BCUT2D eigenvalue weighted by atomic mass is 9.65. The van der Waals surface area contributed by atoms with Crippen molar-refractivity contribution in [2.75, 3.05) is 0 Å². The molecule has 1 fully saturated rings. The van der Waals surface area contributed by atoms with E-state index >= 15 is 0 Å². The van der Waals surface area contributed by atoms with Crippen molar-refractivity contribution in [1.82, 2.24) is 0 Å². The van der Waals surface area contributed by atoms with Gasteiger partial charge in [0.25, 0.3) is 0 Å². The molecule has 0 bridgehead atoms. The minimum absolute atomic E-state index is 0.549. The first-order chi connectivity index (χ1) is 5.83. The highest BCUT2D eigenvalue weighted by molar-refractivity contribution is 5.19. The molecule has 0 heterocycles. The molecule has 12 heavy (non-hydrogen) atoms. The number of hydrogen-bond donors (Lipinski definition) is 0. The van der Waals surface area contributed by atoms with Gasteiger partial charge in [0.05, 0.1) is 0 Å². The largest absolute Gasteiger partial charge is 0.0808 e. The van der Waals surface area contributed by atoms with Gasteiger partial charge in [-0.3, -0.25) is 0 Å². The van der Waals surface area contributed by atoms with Gasteiger partial charge in [0.2, 0.25) is 0 Å². The maximum atomic E-state index is 2.46. The molecule has 1 saturated carbocycles. The molecule has 0 heteroatoms. The first-order valence-electron chi connectivity index (χ1n) is 5.20. The monoisotopic (exact) mass is 162 g/mol. The van der Waals surface area contributed by atoms with E-state index in [-0.39, 0.29) is 0 Å². The van der Waals surface area contributed by atoms with Crippen LogP contribution in [0.2, 0.25) is 0 Å². The molecule has 1 unspecified atom stereocenters. The van der Waals surface area contributed by atoms with Crippen molar-refractivity contribution in [3.05, 3.63) is 24.3 Å². The fourth-order valence-corrected chi connectivity index (χ4v) is 2.65. The van der Waals surface area contributed by atoms with E-state index in [1.807, 2.05) is 0 Å². The maximum Gasteiger partial charge on any atom is -0.00549 e. The van der Waals surface area contributed by atoms with Crippen LogP contribution < -0.4 is 0 Å². The molecule has 0 amide bonds. The molecule has 2 rings (SSSR count). The third-order valence-corrected chi connectivity index (χ3v) is 3.63. The predicted molar refractivity (Wildman–Crippen MR) is 53.0 cm³/mol. The van der Waals surface area contributed by atoms with Gasteiger partial charge in [0.1, 0.15) is 0 Å². The topological polar surface area (TPSA) is 0 Å². The molecule has 0 aliphatic heterocycles. The van der Waals surface area contributed by atoms with Crippen molar-refractivity contribution in [3.63, 3.8) is 0 Å². The summed E-state index contributed by atoms with van der Waals surface area (Å²) in [7, 11) is 0. The minimum atomic E-state index is 0.549. The summed E-state index contributed by atoms with van der Waals surface area (Å²) in [5.41, 5.74) is 0.549. The Kier molecular flexibility index (Phi) is 2.08. The van der Waals surface area contributed by atoms with Gasteiger partial charge in [-0.25, -0.2) is 0 Å². The van der Waals surface area contributed by atoms with Crippen LogP contribution in [-0.2, 0) is 0 Å². The molecule has 2 aliphatic carbocycles. The van der Waals surface area contributed by atoms with Crippen LogP contribution in [0.15, 0.2) is 24.3 Å². The second-order valence-electron chi connectivity index (χ2n) is 4.33. The Morgan fingerprint density at radius 2 is 1.83 bits per heavy atom. The average molecular weight is 162 g/mol. The van der Waals surface area contributed by atoms with Gasteiger partial charge in [0.15, 0.2) is 0 Å². The molecule has 0 radical (unpaired) electrons. The summed E-state index contributed by atoms with van der Waals surface area (Å²) < 4.78 is 0. The Bertz CT molecular complexity index is 204. The van der Waals surface area contributed by atoms with E-state index in [4.69, 9.17) is 0 Å². The highest BCUT2D eigenvalue weighted by atomic mass is 14.4. The van der Waals surface area contributed by atoms with Gasteiger partial charge in [-0.1, -0.05) is 50.5 Å². The second-order valence-corrected chi connectivity index (χ2v) is 4.33. The van der Waals surface area contributed by atoms with Crippen molar-refractivity contribution in [1.29, 1.82) is 0 Å². The van der Waals surface area contributed by atoms with Gasteiger partial charge in [-0.15, -0.1) is 0 Å². The lowest BCUT2D eigenvalue weighted by molar-refractivity contribution is 0.197. The summed E-state index contributed by atoms with van der Waals surface area (Å²) in [4.78, 5) is 0. The Hall–Kier alpha value is -0.520. The van der Waals surface area contributed by atoms with E-state index in [9.17, 15) is 0 Å². The molecule has 1 atom stereocenters. The molecule has 66 valence electrons. The summed E-state index contributed by atoms with van der Waals surface area (Å²) in [5.74, 6) is 0.766. The average Bonchev–Trinajstić information content (AvgIpc) is 2.12. The molecule has 0 N–H and O–H groups in total. The van der Waals surface area contributed by atoms with Crippen molar-refractivity contribution >= 4 is 0 Å². The normalized spacial score (nSPS) is 32.6. The van der Waals surface area contributed by atoms with E-state index in [1.165, 1.54) is 32.1 Å². The fourth-order valence-electron chi connectivity index (χ4n) is 2.65. The number of hydrogen-bond acceptors (Lipinski definition) is 0. The first kappa shape index (κ1) is 8.10. The van der Waals surface area contributed by atoms with Gasteiger partial charge in [0, 0.05) is 0 Å². The molecular weight excluding hydrogens is 144 g/mol. The van der Waals surface area contributed by atoms with Crippen LogP contribution >= 0.6 is 0 Å². The summed E-state index contributed by atoms with van der Waals surface area (Å²) in [6.07, 6.45) is 16.4. The Labute approximate surface area is 75.4 Å². The van der Waals surface area contributed by atoms with Gasteiger partial charge in [-0.2, -0.15) is 0 Å². The smallest absolute Gasteiger partial charge is 0.00549 e. The van der Waals surface area contributed by atoms with Gasteiger partial charge < -0.3 is 0 Å². The lowest BCUT2D eigenvalue weighted by Crippen LogP contribution is -2.29. The van der Waals surface area contributed by atoms with Gasteiger partial charge >= 0.3 is 0 Å². The van der Waals surface area contributed by atoms with Crippen LogP contribution in [0.4, 0.5) is 0 Å². The molecule has 0 aromatic carbocycles. The highest BCUT2D eigenvalue weighted by Gasteiger charge is 2.34. The molecule has 0 aromatic rings. The quantitative estimate of drug-likeness (QED) is 0.509. The van der Waals surface area contributed by atoms with Crippen LogP contribution in [0, 0.1) is 11.3 Å². The Morgan fingerprint density at radius 3 is 2.50 bits per heavy atom. The van der Waals surface area contributed by atoms with Crippen LogP contribution in [0.5, 0.6) is 0 Å². The zero-order valence-electron chi connectivity index (χ0n) is 7.92. The minimum Gasteiger partial charge on any atom is -0.0808 e. The summed E-state index contributed by atoms with van der Waals surface area (Å²) in [5, 5.41) is 0. The summed E-state index contributed by atoms with van der Waals surface area (Å²) >= 11 is 0. The molecule has 0 aromatic heterocycles.